The van der Waals surface area contributed by atoms with Crippen LogP contribution in [-0.2, 0) is 9.59 Å². The number of thiazole rings is 1. The van der Waals surface area contributed by atoms with E-state index < -0.39 is 16.2 Å². The lowest BCUT2D eigenvalue weighted by Gasteiger charge is -2.56. The fourth-order valence-electron chi connectivity index (χ4n) is 5.38. The molecule has 1 fully saturated rings. The van der Waals surface area contributed by atoms with Gasteiger partial charge in [-0.2, -0.15) is 10.5 Å². The molecule has 5 nitrogen and oxygen atoms in total. The van der Waals surface area contributed by atoms with Gasteiger partial charge in [-0.25, -0.2) is 4.98 Å². The molecule has 3 atom stereocenters. The summed E-state index contributed by atoms with van der Waals surface area (Å²) >= 11 is 1.42. The molecule has 1 heterocycles. The van der Waals surface area contributed by atoms with Crippen LogP contribution in [0.3, 0.4) is 0 Å². The second-order valence-electron chi connectivity index (χ2n) is 8.75. The highest BCUT2D eigenvalue weighted by Crippen LogP contribution is 2.63. The largest absolute Gasteiger partial charge is 0.293 e. The number of aromatic nitrogens is 1. The monoisotopic (exact) mass is 413 g/mol. The molecular weight excluding hydrogens is 394 g/mol. The summed E-state index contributed by atoms with van der Waals surface area (Å²) in [5, 5.41) is 21.6. The molecule has 6 heteroatoms. The molecule has 4 rings (SSSR count). The fourth-order valence-corrected chi connectivity index (χ4v) is 5.86. The topological polar surface area (TPSA) is 94.6 Å². The molecule has 148 valence electrons. The Balaban J connectivity index is 1.97. The number of hydrogen-bond acceptors (Lipinski definition) is 6. The van der Waals surface area contributed by atoms with Crippen molar-refractivity contribution in [1.82, 2.24) is 4.98 Å². The van der Waals surface area contributed by atoms with Gasteiger partial charge in [-0.3, -0.25) is 9.59 Å². The van der Waals surface area contributed by atoms with Crippen LogP contribution in [-0.4, -0.2) is 16.6 Å². The minimum absolute atomic E-state index is 0.0740. The summed E-state index contributed by atoms with van der Waals surface area (Å²) in [6.07, 6.45) is 7.85. The molecule has 1 unspecified atom stereocenters. The molecule has 1 aromatic rings. The number of carbonyl (C=O) groups is 2. The Morgan fingerprint density at radius 2 is 1.87 bits per heavy atom. The Kier molecular flexibility index (Phi) is 4.42. The maximum absolute atomic E-state index is 12.9. The van der Waals surface area contributed by atoms with Gasteiger partial charge in [0.1, 0.15) is 12.1 Å². The van der Waals surface area contributed by atoms with Crippen LogP contribution >= 0.6 is 11.3 Å². The Morgan fingerprint density at radius 1 is 1.13 bits per heavy atom. The number of carbonyl (C=O) groups excluding carboxylic acids is 2. The predicted molar refractivity (Wildman–Crippen MR) is 112 cm³/mol. The first-order valence-electron chi connectivity index (χ1n) is 9.68. The average molecular weight is 414 g/mol. The molecule has 0 aliphatic heterocycles. The van der Waals surface area contributed by atoms with E-state index in [-0.39, 0.29) is 28.6 Å². The summed E-state index contributed by atoms with van der Waals surface area (Å²) < 4.78 is 0. The van der Waals surface area contributed by atoms with Crippen LogP contribution in [0.25, 0.3) is 0 Å². The standard InChI is InChI=1S/C24H19N3O2S/c1-22(2)18-4-6-24(7-5-20-27-8-9-30-20)12-15(13-25)17(28)10-19(24)23(18,3)11-16(14-26)21(22)29/h8-12,18H,4,6H2,1-3H3/t18?,23-,24+/m0/s1. The second kappa shape index (κ2) is 6.63. The number of ketones is 2. The number of allylic oxidation sites excluding steroid dienone is 6. The lowest BCUT2D eigenvalue weighted by molar-refractivity contribution is -0.130. The molecule has 0 bridgehead atoms. The van der Waals surface area contributed by atoms with E-state index in [1.165, 1.54) is 17.4 Å². The van der Waals surface area contributed by atoms with Gasteiger partial charge in [-0.05, 0) is 42.4 Å². The van der Waals surface area contributed by atoms with Crippen LogP contribution in [0.4, 0.5) is 0 Å². The number of fused-ring (bicyclic) bond motifs is 3. The Hall–Kier alpha value is -3.27. The Bertz CT molecular complexity index is 1210. The minimum atomic E-state index is -0.816. The van der Waals surface area contributed by atoms with Crippen molar-refractivity contribution in [3.05, 3.63) is 51.5 Å². The zero-order valence-electron chi connectivity index (χ0n) is 16.9. The van der Waals surface area contributed by atoms with Gasteiger partial charge in [-0.1, -0.05) is 32.8 Å². The zero-order valence-corrected chi connectivity index (χ0v) is 17.8. The third-order valence-electron chi connectivity index (χ3n) is 6.75. The fraction of sp³-hybridized carbons (Fsp3) is 0.375. The minimum Gasteiger partial charge on any atom is -0.293 e. The van der Waals surface area contributed by atoms with E-state index in [2.05, 4.69) is 16.8 Å². The molecule has 0 amide bonds. The molecule has 1 aromatic heterocycles. The number of rotatable bonds is 0. The maximum Gasteiger partial charge on any atom is 0.196 e. The van der Waals surface area contributed by atoms with Crippen molar-refractivity contribution < 1.29 is 9.59 Å². The Labute approximate surface area is 179 Å². The van der Waals surface area contributed by atoms with Crippen LogP contribution in [0, 0.1) is 56.7 Å². The van der Waals surface area contributed by atoms with Crippen molar-refractivity contribution in [2.24, 2.45) is 22.2 Å². The van der Waals surface area contributed by atoms with Crippen molar-refractivity contribution in [1.29, 1.82) is 10.5 Å². The van der Waals surface area contributed by atoms with Gasteiger partial charge in [0.15, 0.2) is 16.6 Å². The number of Topliss-reactive ketones (excluding diaryl/α,β-unsaturated/α-hetero) is 1. The molecule has 0 aromatic carbocycles. The van der Waals surface area contributed by atoms with Gasteiger partial charge in [0.2, 0.25) is 0 Å². The van der Waals surface area contributed by atoms with E-state index in [0.29, 0.717) is 17.8 Å². The van der Waals surface area contributed by atoms with Gasteiger partial charge in [0, 0.05) is 22.4 Å². The first-order chi connectivity index (χ1) is 14.2. The molecule has 0 saturated heterocycles. The van der Waals surface area contributed by atoms with Crippen LogP contribution in [0.1, 0.15) is 38.6 Å². The lowest BCUT2D eigenvalue weighted by Crippen LogP contribution is -2.53. The molecule has 3 aliphatic carbocycles. The highest BCUT2D eigenvalue weighted by molar-refractivity contribution is 7.10. The molecular formula is C24H19N3O2S. The van der Waals surface area contributed by atoms with Crippen LogP contribution in [0.15, 0.2) is 46.5 Å². The van der Waals surface area contributed by atoms with Crippen LogP contribution in [0.2, 0.25) is 0 Å². The van der Waals surface area contributed by atoms with Crippen molar-refractivity contribution >= 4 is 22.9 Å². The second-order valence-corrected chi connectivity index (χ2v) is 9.64. The quantitative estimate of drug-likeness (QED) is 0.601. The summed E-state index contributed by atoms with van der Waals surface area (Å²) in [6.45, 7) is 5.73. The van der Waals surface area contributed by atoms with E-state index in [1.54, 1.807) is 18.3 Å². The lowest BCUT2D eigenvalue weighted by atomic mass is 9.45. The number of hydrogen-bond donors (Lipinski definition) is 0. The molecule has 0 N–H and O–H groups in total. The first-order valence-corrected chi connectivity index (χ1v) is 10.6. The molecule has 0 spiro atoms. The summed E-state index contributed by atoms with van der Waals surface area (Å²) in [5.74, 6) is 5.81. The van der Waals surface area contributed by atoms with Crippen LogP contribution < -0.4 is 0 Å². The normalized spacial score (nSPS) is 31.5. The predicted octanol–water partition coefficient (Wildman–Crippen LogP) is 3.92. The van der Waals surface area contributed by atoms with Crippen LogP contribution in [0.5, 0.6) is 0 Å². The summed E-state index contributed by atoms with van der Waals surface area (Å²) in [5.41, 5.74) is -1.31. The summed E-state index contributed by atoms with van der Waals surface area (Å²) in [6, 6.07) is 4.05. The summed E-state index contributed by atoms with van der Waals surface area (Å²) in [7, 11) is 0. The van der Waals surface area contributed by atoms with Gasteiger partial charge >= 0.3 is 0 Å². The molecule has 30 heavy (non-hydrogen) atoms. The molecule has 1 saturated carbocycles. The zero-order chi connectivity index (χ0) is 21.7. The highest BCUT2D eigenvalue weighted by atomic mass is 32.1. The van der Waals surface area contributed by atoms with E-state index >= 15 is 0 Å². The van der Waals surface area contributed by atoms with E-state index in [1.807, 2.05) is 38.3 Å². The SMILES string of the molecule is CC1(C)C(=O)C(C#N)=C[C@]2(C)C3=CC(=O)C(C#N)=C[C@]3(C#Cc3nccs3)CCC12. The Morgan fingerprint density at radius 3 is 2.50 bits per heavy atom. The first kappa shape index (κ1) is 20.0. The highest BCUT2D eigenvalue weighted by Gasteiger charge is 2.59. The number of nitriles is 2. The maximum atomic E-state index is 12.9. The molecule has 0 radical (unpaired) electrons. The van der Waals surface area contributed by atoms with Crippen molar-refractivity contribution in [3.8, 4) is 24.0 Å². The van der Waals surface area contributed by atoms with E-state index in [4.69, 9.17) is 0 Å². The third kappa shape index (κ3) is 2.71. The average Bonchev–Trinajstić information content (AvgIpc) is 3.23. The van der Waals surface area contributed by atoms with Gasteiger partial charge in [0.25, 0.3) is 0 Å². The smallest absolute Gasteiger partial charge is 0.196 e. The van der Waals surface area contributed by atoms with Crippen molar-refractivity contribution in [2.75, 3.05) is 0 Å². The van der Waals surface area contributed by atoms with E-state index in [9.17, 15) is 20.1 Å². The third-order valence-corrected chi connectivity index (χ3v) is 7.44. The van der Waals surface area contributed by atoms with Crippen molar-refractivity contribution in [2.45, 2.75) is 33.6 Å². The van der Waals surface area contributed by atoms with E-state index in [0.717, 1.165) is 5.57 Å². The number of nitrogens with zero attached hydrogens (tertiary/aromatic N) is 3. The molecule has 3 aliphatic rings. The van der Waals surface area contributed by atoms with Gasteiger partial charge in [-0.15, -0.1) is 11.3 Å². The summed E-state index contributed by atoms with van der Waals surface area (Å²) in [4.78, 5) is 29.8. The van der Waals surface area contributed by atoms with Gasteiger partial charge < -0.3 is 0 Å². The van der Waals surface area contributed by atoms with Crippen molar-refractivity contribution in [3.63, 3.8) is 0 Å². The van der Waals surface area contributed by atoms with Gasteiger partial charge in [0.05, 0.1) is 16.6 Å².